The van der Waals surface area contributed by atoms with E-state index in [1.807, 2.05) is 19.9 Å². The highest BCUT2D eigenvalue weighted by molar-refractivity contribution is 5.95. The molecule has 104 valence electrons. The summed E-state index contributed by atoms with van der Waals surface area (Å²) in [4.78, 5) is 25.1. The quantitative estimate of drug-likeness (QED) is 0.630. The van der Waals surface area contributed by atoms with Gasteiger partial charge in [-0.05, 0) is 32.1 Å². The summed E-state index contributed by atoms with van der Waals surface area (Å²) in [6.45, 7) is 6.50. The lowest BCUT2D eigenvalue weighted by Crippen LogP contribution is -2.63. The lowest BCUT2D eigenvalue weighted by Gasteiger charge is -2.56. The molecule has 0 spiro atoms. The molecule has 1 saturated heterocycles. The Morgan fingerprint density at radius 3 is 2.79 bits per heavy atom. The van der Waals surface area contributed by atoms with E-state index >= 15 is 0 Å². The second-order valence-corrected chi connectivity index (χ2v) is 6.84. The molecule has 0 amide bonds. The van der Waals surface area contributed by atoms with Crippen LogP contribution in [-0.4, -0.2) is 23.8 Å². The number of hydrogen-bond donors (Lipinski definition) is 0. The first-order chi connectivity index (χ1) is 8.88. The molecule has 0 N–H and O–H groups in total. The van der Waals surface area contributed by atoms with E-state index < -0.39 is 11.0 Å². The monoisotopic (exact) mass is 262 g/mol. The molecule has 19 heavy (non-hydrogen) atoms. The Kier molecular flexibility index (Phi) is 2.76. The van der Waals surface area contributed by atoms with Gasteiger partial charge in [-0.1, -0.05) is 19.1 Å². The molecule has 1 aliphatic heterocycles. The van der Waals surface area contributed by atoms with Crippen molar-refractivity contribution >= 4 is 11.6 Å². The zero-order valence-corrected chi connectivity index (χ0v) is 11.9. The number of fused-ring (bicyclic) bond motifs is 3. The minimum absolute atomic E-state index is 0.188. The van der Waals surface area contributed by atoms with Gasteiger partial charge in [0.05, 0.1) is 17.6 Å². The predicted molar refractivity (Wildman–Crippen MR) is 71.6 cm³/mol. The van der Waals surface area contributed by atoms with E-state index in [1.54, 1.807) is 0 Å². The van der Waals surface area contributed by atoms with Crippen molar-refractivity contribution in [3.05, 3.63) is 12.2 Å². The van der Waals surface area contributed by atoms with Crippen LogP contribution in [-0.2, 0) is 14.3 Å². The average molecular weight is 262 g/mol. The summed E-state index contributed by atoms with van der Waals surface area (Å²) in [7, 11) is 0. The molecule has 2 fully saturated rings. The summed E-state index contributed by atoms with van der Waals surface area (Å²) in [6.07, 6.45) is 6.21. The largest absolute Gasteiger partial charge is 0.370 e. The van der Waals surface area contributed by atoms with E-state index in [0.717, 1.165) is 6.42 Å². The first-order valence-electron chi connectivity index (χ1n) is 7.28. The molecule has 3 heteroatoms. The number of Topliss-reactive ketones (excluding diaryl/α,β-unsaturated/α-hetero) is 2. The van der Waals surface area contributed by atoms with Crippen molar-refractivity contribution in [3.8, 4) is 0 Å². The Bertz CT molecular complexity index is 467. The fourth-order valence-corrected chi connectivity index (χ4v) is 4.39. The highest BCUT2D eigenvalue weighted by Gasteiger charge is 2.62. The zero-order valence-electron chi connectivity index (χ0n) is 11.9. The molecule has 3 aliphatic rings. The molecule has 0 radical (unpaired) electrons. The van der Waals surface area contributed by atoms with E-state index in [-0.39, 0.29) is 23.4 Å². The third kappa shape index (κ3) is 1.60. The van der Waals surface area contributed by atoms with E-state index in [0.29, 0.717) is 25.4 Å². The minimum Gasteiger partial charge on any atom is -0.370 e. The normalized spacial score (nSPS) is 49.7. The number of ether oxygens (including phenoxy) is 1. The van der Waals surface area contributed by atoms with Crippen LogP contribution in [0.25, 0.3) is 0 Å². The van der Waals surface area contributed by atoms with Crippen LogP contribution in [0, 0.1) is 23.2 Å². The van der Waals surface area contributed by atoms with Crippen LogP contribution >= 0.6 is 0 Å². The van der Waals surface area contributed by atoms with Crippen molar-refractivity contribution in [2.75, 3.05) is 6.61 Å². The van der Waals surface area contributed by atoms with Crippen LogP contribution in [0.4, 0.5) is 0 Å². The number of allylic oxidation sites excluding steroid dienone is 1. The lowest BCUT2D eigenvalue weighted by atomic mass is 9.51. The maximum Gasteiger partial charge on any atom is 0.145 e. The van der Waals surface area contributed by atoms with Gasteiger partial charge < -0.3 is 4.74 Å². The van der Waals surface area contributed by atoms with E-state index in [2.05, 4.69) is 13.0 Å². The van der Waals surface area contributed by atoms with Crippen LogP contribution < -0.4 is 0 Å². The fraction of sp³-hybridized carbons (Fsp3) is 0.750. The molecule has 2 aliphatic carbocycles. The van der Waals surface area contributed by atoms with Crippen molar-refractivity contribution in [1.82, 2.24) is 0 Å². The molecule has 1 heterocycles. The van der Waals surface area contributed by atoms with Crippen LogP contribution in [0.1, 0.15) is 40.0 Å². The molecule has 3 nitrogen and oxygen atoms in total. The first kappa shape index (κ1) is 13.0. The topological polar surface area (TPSA) is 43.4 Å². The van der Waals surface area contributed by atoms with Gasteiger partial charge in [-0.15, -0.1) is 0 Å². The Morgan fingerprint density at radius 1 is 1.32 bits per heavy atom. The van der Waals surface area contributed by atoms with Crippen LogP contribution in [0.5, 0.6) is 0 Å². The van der Waals surface area contributed by atoms with Crippen LogP contribution in [0.2, 0.25) is 0 Å². The number of rotatable bonds is 0. The molecule has 3 rings (SSSR count). The highest BCUT2D eigenvalue weighted by atomic mass is 16.5. The van der Waals surface area contributed by atoms with Gasteiger partial charge in [-0.3, -0.25) is 9.59 Å². The maximum atomic E-state index is 12.6. The molecule has 0 aromatic heterocycles. The van der Waals surface area contributed by atoms with Crippen molar-refractivity contribution in [2.45, 2.75) is 45.6 Å². The van der Waals surface area contributed by atoms with Gasteiger partial charge in [0.1, 0.15) is 11.6 Å². The summed E-state index contributed by atoms with van der Waals surface area (Å²) in [5, 5.41) is 0. The third-order valence-corrected chi connectivity index (χ3v) is 5.62. The summed E-state index contributed by atoms with van der Waals surface area (Å²) >= 11 is 0. The van der Waals surface area contributed by atoms with E-state index in [1.165, 1.54) is 0 Å². The lowest BCUT2D eigenvalue weighted by molar-refractivity contribution is -0.183. The molecule has 0 bridgehead atoms. The van der Waals surface area contributed by atoms with Gasteiger partial charge in [0.15, 0.2) is 0 Å². The van der Waals surface area contributed by atoms with Crippen molar-refractivity contribution < 1.29 is 14.3 Å². The maximum absolute atomic E-state index is 12.6. The smallest absolute Gasteiger partial charge is 0.145 e. The standard InChI is InChI=1S/C16H22O3/c1-10-8-11-4-6-15(2)16(3,13(18)5-7-19-15)14(11)12(17)9-10/h4,6,10-11,14H,5,7-9H2,1-3H3. The SMILES string of the molecule is CC1CC(=O)C2C(C=CC3(C)OCCC(=O)C23C)C1. The van der Waals surface area contributed by atoms with Gasteiger partial charge in [-0.2, -0.15) is 0 Å². The Hall–Kier alpha value is -0.960. The predicted octanol–water partition coefficient (Wildman–Crippen LogP) is 2.54. The minimum atomic E-state index is -0.679. The molecule has 1 saturated carbocycles. The van der Waals surface area contributed by atoms with Crippen molar-refractivity contribution in [3.63, 3.8) is 0 Å². The average Bonchev–Trinajstić information content (AvgIpc) is 2.32. The van der Waals surface area contributed by atoms with Gasteiger partial charge in [0.2, 0.25) is 0 Å². The summed E-state index contributed by atoms with van der Waals surface area (Å²) in [5.74, 6) is 0.890. The number of carbonyl (C=O) groups excluding carboxylic acids is 2. The molecule has 5 atom stereocenters. The molecular formula is C16H22O3. The van der Waals surface area contributed by atoms with Crippen molar-refractivity contribution in [1.29, 1.82) is 0 Å². The van der Waals surface area contributed by atoms with Gasteiger partial charge in [0, 0.05) is 18.8 Å². The zero-order chi connectivity index (χ0) is 13.8. The summed E-state index contributed by atoms with van der Waals surface area (Å²) in [5.41, 5.74) is -1.29. The van der Waals surface area contributed by atoms with E-state index in [4.69, 9.17) is 4.74 Å². The Morgan fingerprint density at radius 2 is 2.05 bits per heavy atom. The van der Waals surface area contributed by atoms with Crippen LogP contribution in [0.3, 0.4) is 0 Å². The van der Waals surface area contributed by atoms with Gasteiger partial charge in [-0.25, -0.2) is 0 Å². The molecule has 0 aromatic rings. The third-order valence-electron chi connectivity index (χ3n) is 5.62. The Balaban J connectivity index is 2.10. The summed E-state index contributed by atoms with van der Waals surface area (Å²) in [6, 6.07) is 0. The number of hydrogen-bond acceptors (Lipinski definition) is 3. The fourth-order valence-electron chi connectivity index (χ4n) is 4.39. The molecule has 5 unspecified atom stereocenters. The first-order valence-corrected chi connectivity index (χ1v) is 7.28. The second-order valence-electron chi connectivity index (χ2n) is 6.84. The van der Waals surface area contributed by atoms with Gasteiger partial charge in [0.25, 0.3) is 0 Å². The van der Waals surface area contributed by atoms with Crippen molar-refractivity contribution in [2.24, 2.45) is 23.2 Å². The molecule has 0 aromatic carbocycles. The summed E-state index contributed by atoms with van der Waals surface area (Å²) < 4.78 is 5.91. The van der Waals surface area contributed by atoms with Gasteiger partial charge >= 0.3 is 0 Å². The van der Waals surface area contributed by atoms with E-state index in [9.17, 15) is 9.59 Å². The highest BCUT2D eigenvalue weighted by Crippen LogP contribution is 2.55. The van der Waals surface area contributed by atoms with Crippen LogP contribution in [0.15, 0.2) is 12.2 Å². The number of ketones is 2. The number of carbonyl (C=O) groups is 2. The Labute approximate surface area is 114 Å². The second kappa shape index (κ2) is 4.02. The molecular weight excluding hydrogens is 240 g/mol.